The molecule has 1 saturated carbocycles. The smallest absolute Gasteiger partial charge is 0.257 e. The summed E-state index contributed by atoms with van der Waals surface area (Å²) < 4.78 is 11.0. The molecule has 1 aliphatic carbocycles. The quantitative estimate of drug-likeness (QED) is 0.576. The number of piperazine rings is 1. The van der Waals surface area contributed by atoms with Crippen molar-refractivity contribution in [2.45, 2.75) is 51.7 Å². The van der Waals surface area contributed by atoms with Gasteiger partial charge in [0.05, 0.1) is 29.6 Å². The Bertz CT molecular complexity index is 963. The van der Waals surface area contributed by atoms with E-state index in [0.717, 1.165) is 24.0 Å². The summed E-state index contributed by atoms with van der Waals surface area (Å²) in [6.07, 6.45) is 7.63. The fraction of sp³-hybridized carbons (Fsp3) is 0.542. The normalized spacial score (nSPS) is 24.2. The minimum absolute atomic E-state index is 0.0108. The van der Waals surface area contributed by atoms with Gasteiger partial charge in [-0.05, 0) is 45.3 Å². The summed E-state index contributed by atoms with van der Waals surface area (Å²) in [6.45, 7) is 8.36. The van der Waals surface area contributed by atoms with E-state index in [2.05, 4.69) is 11.0 Å². The molecule has 0 spiro atoms. The molecular weight excluding hydrogens is 392 g/mol. The van der Waals surface area contributed by atoms with Crippen molar-refractivity contribution in [3.05, 3.63) is 47.1 Å². The summed E-state index contributed by atoms with van der Waals surface area (Å²) in [4.78, 5) is 16.7. The minimum atomic E-state index is -0.360. The van der Waals surface area contributed by atoms with Crippen molar-refractivity contribution in [1.82, 2.24) is 9.80 Å². The Kier molecular flexibility index (Phi) is 5.76. The van der Waals surface area contributed by atoms with Gasteiger partial charge in [0.1, 0.15) is 12.3 Å². The van der Waals surface area contributed by atoms with Crippen LogP contribution in [-0.4, -0.2) is 59.3 Å². The lowest BCUT2D eigenvalue weighted by Crippen LogP contribution is -2.52. The van der Waals surface area contributed by atoms with Crippen LogP contribution in [0.2, 0.25) is 0 Å². The second-order valence-electron chi connectivity index (χ2n) is 9.38. The predicted octanol–water partition coefficient (Wildman–Crippen LogP) is 3.76. The van der Waals surface area contributed by atoms with Gasteiger partial charge in [-0.1, -0.05) is 0 Å². The Labute approximate surface area is 183 Å². The van der Waals surface area contributed by atoms with E-state index in [0.29, 0.717) is 55.4 Å². The molecule has 1 aromatic rings. The molecule has 2 aliphatic heterocycles. The maximum Gasteiger partial charge on any atom is 0.257 e. The third kappa shape index (κ3) is 4.59. The number of nitriles is 1. The molecule has 1 aromatic heterocycles. The SMILES string of the molecule is CC1CN(C=C(C#N)C2=C(C(=N)C3CC3)COC(C)(C)C2)CCN1C(=O)c1ccoc1. The van der Waals surface area contributed by atoms with Crippen molar-refractivity contribution in [3.63, 3.8) is 0 Å². The Balaban J connectivity index is 1.54. The first-order valence-electron chi connectivity index (χ1n) is 10.9. The second kappa shape index (κ2) is 8.35. The average Bonchev–Trinajstić information content (AvgIpc) is 3.44. The van der Waals surface area contributed by atoms with Crippen LogP contribution in [0.4, 0.5) is 0 Å². The maximum atomic E-state index is 12.7. The van der Waals surface area contributed by atoms with Crippen molar-refractivity contribution < 1.29 is 13.9 Å². The number of hydrogen-bond donors (Lipinski definition) is 1. The summed E-state index contributed by atoms with van der Waals surface area (Å²) >= 11 is 0. The van der Waals surface area contributed by atoms with Crippen molar-refractivity contribution in [2.75, 3.05) is 26.2 Å². The number of ether oxygens (including phenoxy) is 1. The van der Waals surface area contributed by atoms with Crippen LogP contribution < -0.4 is 0 Å². The first-order chi connectivity index (χ1) is 14.8. The molecular formula is C24H30N4O3. The molecule has 3 aliphatic rings. The molecule has 1 N–H and O–H groups in total. The van der Waals surface area contributed by atoms with Gasteiger partial charge in [0.15, 0.2) is 0 Å². The molecule has 1 unspecified atom stereocenters. The molecule has 164 valence electrons. The molecule has 1 atom stereocenters. The minimum Gasteiger partial charge on any atom is -0.472 e. The van der Waals surface area contributed by atoms with E-state index >= 15 is 0 Å². The van der Waals surface area contributed by atoms with E-state index in [9.17, 15) is 10.1 Å². The summed E-state index contributed by atoms with van der Waals surface area (Å²) in [5, 5.41) is 18.6. The number of hydrogen-bond acceptors (Lipinski definition) is 6. The molecule has 0 aromatic carbocycles. The van der Waals surface area contributed by atoms with Gasteiger partial charge in [0.25, 0.3) is 5.91 Å². The van der Waals surface area contributed by atoms with Crippen LogP contribution in [0.3, 0.4) is 0 Å². The van der Waals surface area contributed by atoms with E-state index in [1.807, 2.05) is 31.9 Å². The Morgan fingerprint density at radius 2 is 2.10 bits per heavy atom. The molecule has 2 fully saturated rings. The molecule has 1 saturated heterocycles. The zero-order valence-corrected chi connectivity index (χ0v) is 18.5. The van der Waals surface area contributed by atoms with Gasteiger partial charge < -0.3 is 24.4 Å². The predicted molar refractivity (Wildman–Crippen MR) is 117 cm³/mol. The molecule has 0 radical (unpaired) electrons. The van der Waals surface area contributed by atoms with E-state index < -0.39 is 0 Å². The fourth-order valence-electron chi connectivity index (χ4n) is 4.37. The zero-order valence-electron chi connectivity index (χ0n) is 18.5. The highest BCUT2D eigenvalue weighted by molar-refractivity contribution is 6.02. The average molecular weight is 423 g/mol. The lowest BCUT2D eigenvalue weighted by atomic mass is 9.85. The highest BCUT2D eigenvalue weighted by Gasteiger charge is 2.36. The third-order valence-electron chi connectivity index (χ3n) is 6.33. The van der Waals surface area contributed by atoms with Gasteiger partial charge in [0.2, 0.25) is 0 Å². The third-order valence-corrected chi connectivity index (χ3v) is 6.33. The molecule has 1 amide bonds. The first kappa shape index (κ1) is 21.4. The van der Waals surface area contributed by atoms with Crippen molar-refractivity contribution in [3.8, 4) is 6.07 Å². The standard InChI is InChI=1S/C24H30N4O3/c1-16-12-27(7-8-28(16)23(29)18-6-9-30-14-18)13-19(11-25)20-10-24(2,3)31-15-21(20)22(26)17-4-5-17/h6,9,13-14,16-17,26H,4-5,7-8,10,12,15H2,1-3H3. The van der Waals surface area contributed by atoms with Crippen LogP contribution in [0.5, 0.6) is 0 Å². The molecule has 7 nitrogen and oxygen atoms in total. The van der Waals surface area contributed by atoms with Gasteiger partial charge in [0, 0.05) is 55.5 Å². The number of furan rings is 1. The van der Waals surface area contributed by atoms with Crippen molar-refractivity contribution in [2.24, 2.45) is 5.92 Å². The van der Waals surface area contributed by atoms with Gasteiger partial charge in [-0.25, -0.2) is 0 Å². The Morgan fingerprint density at radius 3 is 2.71 bits per heavy atom. The highest BCUT2D eigenvalue weighted by atomic mass is 16.5. The zero-order chi connectivity index (χ0) is 22.2. The number of nitrogens with one attached hydrogen (secondary N) is 1. The molecule has 3 heterocycles. The molecule has 4 rings (SSSR count). The van der Waals surface area contributed by atoms with Gasteiger partial charge in [-0.2, -0.15) is 5.26 Å². The number of rotatable bonds is 5. The molecule has 0 bridgehead atoms. The molecule has 7 heteroatoms. The van der Waals surface area contributed by atoms with Crippen LogP contribution in [-0.2, 0) is 4.74 Å². The number of carbonyl (C=O) groups excluding carboxylic acids is 1. The topological polar surface area (TPSA) is 93.6 Å². The Morgan fingerprint density at radius 1 is 1.32 bits per heavy atom. The van der Waals surface area contributed by atoms with E-state index in [1.165, 1.54) is 12.5 Å². The van der Waals surface area contributed by atoms with E-state index in [-0.39, 0.29) is 17.6 Å². The van der Waals surface area contributed by atoms with Crippen LogP contribution in [0, 0.1) is 22.7 Å². The summed E-state index contributed by atoms with van der Waals surface area (Å²) in [5.74, 6) is 0.284. The van der Waals surface area contributed by atoms with E-state index in [4.69, 9.17) is 14.6 Å². The largest absolute Gasteiger partial charge is 0.472 e. The van der Waals surface area contributed by atoms with Gasteiger partial charge in [-0.3, -0.25) is 4.79 Å². The van der Waals surface area contributed by atoms with Crippen LogP contribution in [0.25, 0.3) is 0 Å². The lowest BCUT2D eigenvalue weighted by Gasteiger charge is -2.40. The van der Waals surface area contributed by atoms with Gasteiger partial charge in [-0.15, -0.1) is 0 Å². The van der Waals surface area contributed by atoms with Crippen molar-refractivity contribution >= 4 is 11.6 Å². The lowest BCUT2D eigenvalue weighted by molar-refractivity contribution is -0.0115. The second-order valence-corrected chi connectivity index (χ2v) is 9.38. The number of nitrogens with zero attached hydrogens (tertiary/aromatic N) is 3. The summed E-state index contributed by atoms with van der Waals surface area (Å²) in [7, 11) is 0. The first-order valence-corrected chi connectivity index (χ1v) is 10.9. The van der Waals surface area contributed by atoms with Crippen LogP contribution in [0.1, 0.15) is 50.4 Å². The summed E-state index contributed by atoms with van der Waals surface area (Å²) in [6, 6.07) is 4.08. The summed E-state index contributed by atoms with van der Waals surface area (Å²) in [5.41, 5.74) is 3.28. The number of amides is 1. The van der Waals surface area contributed by atoms with Crippen LogP contribution >= 0.6 is 0 Å². The highest BCUT2D eigenvalue weighted by Crippen LogP contribution is 2.39. The van der Waals surface area contributed by atoms with Crippen molar-refractivity contribution in [1.29, 1.82) is 10.7 Å². The number of carbonyl (C=O) groups is 1. The van der Waals surface area contributed by atoms with E-state index in [1.54, 1.807) is 6.07 Å². The van der Waals surface area contributed by atoms with Gasteiger partial charge >= 0.3 is 0 Å². The fourth-order valence-corrected chi connectivity index (χ4v) is 4.37. The van der Waals surface area contributed by atoms with Crippen LogP contribution in [0.15, 0.2) is 45.9 Å². The Hall–Kier alpha value is -2.85. The number of allylic oxidation sites excluding steroid dienone is 1. The molecule has 31 heavy (non-hydrogen) atoms. The monoisotopic (exact) mass is 422 g/mol. The maximum absolute atomic E-state index is 12.7.